The number of carbonyl (C=O) groups is 2. The quantitative estimate of drug-likeness (QED) is 0.808. The Labute approximate surface area is 120 Å². The number of hydrogen-bond acceptors (Lipinski definition) is 3. The second kappa shape index (κ2) is 7.07. The molecule has 5 nitrogen and oxygen atoms in total. The largest absolute Gasteiger partial charge is 0.481 e. The van der Waals surface area contributed by atoms with Gasteiger partial charge in [0.1, 0.15) is 6.61 Å². The molecular weight excluding hydrogens is 258 g/mol. The number of aliphatic carboxylic acids is 1. The van der Waals surface area contributed by atoms with Crippen molar-refractivity contribution in [2.75, 3.05) is 6.61 Å². The fraction of sp³-hybridized carbons (Fsp3) is 0.867. The second-order valence-corrected chi connectivity index (χ2v) is 6.16. The van der Waals surface area contributed by atoms with Crippen molar-refractivity contribution in [3.05, 3.63) is 0 Å². The monoisotopic (exact) mass is 283 g/mol. The molecule has 20 heavy (non-hydrogen) atoms. The molecule has 0 saturated heterocycles. The van der Waals surface area contributed by atoms with Gasteiger partial charge in [0.15, 0.2) is 0 Å². The Morgan fingerprint density at radius 3 is 2.60 bits per heavy atom. The molecule has 0 aliphatic heterocycles. The van der Waals surface area contributed by atoms with Gasteiger partial charge in [-0.2, -0.15) is 0 Å². The van der Waals surface area contributed by atoms with Crippen LogP contribution in [0.2, 0.25) is 0 Å². The van der Waals surface area contributed by atoms with Gasteiger partial charge in [0.25, 0.3) is 0 Å². The third-order valence-electron chi connectivity index (χ3n) is 4.64. The van der Waals surface area contributed by atoms with Crippen molar-refractivity contribution in [1.29, 1.82) is 0 Å². The van der Waals surface area contributed by atoms with Crippen LogP contribution in [0.1, 0.15) is 51.9 Å². The molecule has 2 saturated carbocycles. The number of nitrogens with one attached hydrogen (secondary N) is 1. The molecule has 0 spiro atoms. The molecule has 2 fully saturated rings. The summed E-state index contributed by atoms with van der Waals surface area (Å²) in [5, 5.41) is 11.9. The Morgan fingerprint density at radius 2 is 1.90 bits per heavy atom. The van der Waals surface area contributed by atoms with Crippen LogP contribution >= 0.6 is 0 Å². The molecule has 0 aromatic rings. The van der Waals surface area contributed by atoms with Crippen LogP contribution in [0.3, 0.4) is 0 Å². The van der Waals surface area contributed by atoms with Gasteiger partial charge in [-0.1, -0.05) is 26.2 Å². The summed E-state index contributed by atoms with van der Waals surface area (Å²) in [5.41, 5.74) is 0. The van der Waals surface area contributed by atoms with Gasteiger partial charge in [0.2, 0.25) is 5.91 Å². The predicted molar refractivity (Wildman–Crippen MR) is 74.3 cm³/mol. The van der Waals surface area contributed by atoms with Gasteiger partial charge in [0.05, 0.1) is 12.0 Å². The molecule has 114 valence electrons. The van der Waals surface area contributed by atoms with E-state index in [0.29, 0.717) is 12.3 Å². The summed E-state index contributed by atoms with van der Waals surface area (Å²) in [6, 6.07) is -0.229. The molecule has 2 rings (SSSR count). The third kappa shape index (κ3) is 3.95. The number of amides is 1. The molecule has 5 heteroatoms. The first-order valence-corrected chi connectivity index (χ1v) is 7.71. The Kier molecular flexibility index (Phi) is 5.40. The lowest BCUT2D eigenvalue weighted by atomic mass is 9.88. The van der Waals surface area contributed by atoms with Gasteiger partial charge in [-0.3, -0.25) is 9.59 Å². The minimum atomic E-state index is -0.811. The molecule has 0 bridgehead atoms. The standard InChI is InChI=1S/C15H25NO4/c1-10-5-2-3-8-13(10)20-9-14(17)16-12-7-4-6-11(12)15(18)19/h10-13H,2-9H2,1H3,(H,16,17)(H,18,19)/t10?,11-,12+,13?/m0/s1. The van der Waals surface area contributed by atoms with Crippen molar-refractivity contribution in [3.63, 3.8) is 0 Å². The van der Waals surface area contributed by atoms with Crippen LogP contribution in [0.4, 0.5) is 0 Å². The lowest BCUT2D eigenvalue weighted by Gasteiger charge is -2.28. The van der Waals surface area contributed by atoms with Crippen molar-refractivity contribution in [2.24, 2.45) is 11.8 Å². The van der Waals surface area contributed by atoms with E-state index in [1.165, 1.54) is 12.8 Å². The van der Waals surface area contributed by atoms with E-state index in [1.807, 2.05) is 0 Å². The van der Waals surface area contributed by atoms with Gasteiger partial charge in [-0.25, -0.2) is 0 Å². The summed E-state index contributed by atoms with van der Waals surface area (Å²) in [4.78, 5) is 22.9. The van der Waals surface area contributed by atoms with Crippen LogP contribution in [0, 0.1) is 11.8 Å². The van der Waals surface area contributed by atoms with Crippen LogP contribution in [0.5, 0.6) is 0 Å². The highest BCUT2D eigenvalue weighted by atomic mass is 16.5. The second-order valence-electron chi connectivity index (χ2n) is 6.16. The minimum Gasteiger partial charge on any atom is -0.481 e. The van der Waals surface area contributed by atoms with E-state index in [1.54, 1.807) is 0 Å². The van der Waals surface area contributed by atoms with E-state index in [9.17, 15) is 9.59 Å². The zero-order chi connectivity index (χ0) is 14.5. The first kappa shape index (κ1) is 15.3. The summed E-state index contributed by atoms with van der Waals surface area (Å²) in [7, 11) is 0. The first-order chi connectivity index (χ1) is 9.58. The fourth-order valence-electron chi connectivity index (χ4n) is 3.39. The Balaban J connectivity index is 1.73. The van der Waals surface area contributed by atoms with Crippen LogP contribution in [0.15, 0.2) is 0 Å². The smallest absolute Gasteiger partial charge is 0.308 e. The zero-order valence-electron chi connectivity index (χ0n) is 12.1. The molecular formula is C15H25NO4. The summed E-state index contributed by atoms with van der Waals surface area (Å²) in [6.45, 7) is 2.22. The number of rotatable bonds is 5. The van der Waals surface area contributed by atoms with Gasteiger partial charge >= 0.3 is 5.97 Å². The average Bonchev–Trinajstić information content (AvgIpc) is 2.86. The zero-order valence-corrected chi connectivity index (χ0v) is 12.1. The fourth-order valence-corrected chi connectivity index (χ4v) is 3.39. The summed E-state index contributed by atoms with van der Waals surface area (Å²) in [5.74, 6) is -0.919. The van der Waals surface area contributed by atoms with Gasteiger partial charge in [0, 0.05) is 6.04 Å². The van der Waals surface area contributed by atoms with Crippen molar-refractivity contribution in [3.8, 4) is 0 Å². The Hall–Kier alpha value is -1.10. The number of hydrogen-bond donors (Lipinski definition) is 2. The van der Waals surface area contributed by atoms with Crippen LogP contribution in [-0.2, 0) is 14.3 Å². The summed E-state index contributed by atoms with van der Waals surface area (Å²) in [6.07, 6.45) is 7.04. The highest BCUT2D eigenvalue weighted by molar-refractivity contribution is 5.79. The number of carboxylic acid groups (broad SMARTS) is 1. The van der Waals surface area contributed by atoms with Gasteiger partial charge in [-0.15, -0.1) is 0 Å². The van der Waals surface area contributed by atoms with Crippen LogP contribution in [0.25, 0.3) is 0 Å². The molecule has 2 aliphatic rings. The maximum absolute atomic E-state index is 11.9. The van der Waals surface area contributed by atoms with E-state index in [4.69, 9.17) is 9.84 Å². The van der Waals surface area contributed by atoms with Crippen molar-refractivity contribution in [2.45, 2.75) is 64.0 Å². The molecule has 0 radical (unpaired) electrons. The third-order valence-corrected chi connectivity index (χ3v) is 4.64. The van der Waals surface area contributed by atoms with Gasteiger partial charge in [-0.05, 0) is 31.6 Å². The normalized spacial score (nSPS) is 33.9. The lowest BCUT2D eigenvalue weighted by molar-refractivity contribution is -0.142. The Bertz CT molecular complexity index is 358. The van der Waals surface area contributed by atoms with E-state index >= 15 is 0 Å². The highest BCUT2D eigenvalue weighted by Gasteiger charge is 2.34. The predicted octanol–water partition coefficient (Wildman–Crippen LogP) is 1.95. The number of carbonyl (C=O) groups excluding carboxylic acids is 1. The lowest BCUT2D eigenvalue weighted by Crippen LogP contribution is -2.42. The minimum absolute atomic E-state index is 0.0534. The average molecular weight is 283 g/mol. The molecule has 1 amide bonds. The number of ether oxygens (including phenoxy) is 1. The van der Waals surface area contributed by atoms with E-state index in [-0.39, 0.29) is 24.7 Å². The van der Waals surface area contributed by atoms with Gasteiger partial charge < -0.3 is 15.2 Å². The summed E-state index contributed by atoms with van der Waals surface area (Å²) < 4.78 is 5.70. The molecule has 2 N–H and O–H groups in total. The summed E-state index contributed by atoms with van der Waals surface area (Å²) >= 11 is 0. The van der Waals surface area contributed by atoms with Crippen LogP contribution < -0.4 is 5.32 Å². The van der Waals surface area contributed by atoms with E-state index in [0.717, 1.165) is 25.7 Å². The van der Waals surface area contributed by atoms with Crippen LogP contribution in [-0.4, -0.2) is 35.7 Å². The van der Waals surface area contributed by atoms with Crippen molar-refractivity contribution < 1.29 is 19.4 Å². The molecule has 0 aromatic carbocycles. The maximum atomic E-state index is 11.9. The number of carboxylic acids is 1. The topological polar surface area (TPSA) is 75.6 Å². The maximum Gasteiger partial charge on any atom is 0.308 e. The molecule has 0 heterocycles. The van der Waals surface area contributed by atoms with Crippen molar-refractivity contribution >= 4 is 11.9 Å². The molecule has 4 atom stereocenters. The highest BCUT2D eigenvalue weighted by Crippen LogP contribution is 2.27. The SMILES string of the molecule is CC1CCCCC1OCC(=O)N[C@@H]1CCC[C@@H]1C(=O)O. The van der Waals surface area contributed by atoms with Crippen molar-refractivity contribution in [1.82, 2.24) is 5.32 Å². The molecule has 2 aliphatic carbocycles. The molecule has 0 aromatic heterocycles. The van der Waals surface area contributed by atoms with E-state index in [2.05, 4.69) is 12.2 Å². The first-order valence-electron chi connectivity index (χ1n) is 7.71. The van der Waals surface area contributed by atoms with E-state index < -0.39 is 11.9 Å². The molecule has 2 unspecified atom stereocenters. The Morgan fingerprint density at radius 1 is 1.15 bits per heavy atom.